The Morgan fingerprint density at radius 1 is 1.35 bits per heavy atom. The van der Waals surface area contributed by atoms with Crippen LogP contribution < -0.4 is 10.6 Å². The highest BCUT2D eigenvalue weighted by Gasteiger charge is 2.03. The molecule has 0 spiro atoms. The Kier molecular flexibility index (Phi) is 6.01. The molecule has 0 heterocycles. The number of hydrogen-bond donors (Lipinski definition) is 2. The molecule has 0 aliphatic carbocycles. The maximum Gasteiger partial charge on any atom is 0.238 e. The molecule has 0 radical (unpaired) electrons. The zero-order valence-corrected chi connectivity index (χ0v) is 11.1. The van der Waals surface area contributed by atoms with Gasteiger partial charge >= 0.3 is 0 Å². The monoisotopic (exact) mass is 254 g/mol. The van der Waals surface area contributed by atoms with Crippen molar-refractivity contribution in [1.82, 2.24) is 5.32 Å². The van der Waals surface area contributed by atoms with Crippen LogP contribution >= 0.6 is 11.6 Å². The molecule has 2 N–H and O–H groups in total. The van der Waals surface area contributed by atoms with Gasteiger partial charge < -0.3 is 10.6 Å². The summed E-state index contributed by atoms with van der Waals surface area (Å²) >= 11 is 5.76. The molecule has 0 bridgehead atoms. The lowest BCUT2D eigenvalue weighted by atomic mass is 10.1. The Balaban J connectivity index is 2.27. The van der Waals surface area contributed by atoms with Gasteiger partial charge in [0.25, 0.3) is 0 Å². The van der Waals surface area contributed by atoms with Crippen molar-refractivity contribution in [2.75, 3.05) is 18.4 Å². The number of carbonyl (C=O) groups is 1. The fourth-order valence-corrected chi connectivity index (χ4v) is 1.44. The number of hydrogen-bond acceptors (Lipinski definition) is 2. The molecule has 1 atom stereocenters. The number of carbonyl (C=O) groups excluding carboxylic acids is 1. The van der Waals surface area contributed by atoms with Gasteiger partial charge in [-0.25, -0.2) is 0 Å². The van der Waals surface area contributed by atoms with Gasteiger partial charge in [0.1, 0.15) is 0 Å². The van der Waals surface area contributed by atoms with Crippen molar-refractivity contribution in [1.29, 1.82) is 0 Å². The molecule has 0 aliphatic rings. The summed E-state index contributed by atoms with van der Waals surface area (Å²) in [6.45, 7) is 5.50. The third kappa shape index (κ3) is 5.71. The summed E-state index contributed by atoms with van der Waals surface area (Å²) in [7, 11) is 0. The molecule has 1 aromatic rings. The van der Waals surface area contributed by atoms with Crippen molar-refractivity contribution in [3.8, 4) is 0 Å². The number of nitrogens with one attached hydrogen (secondary N) is 2. The van der Waals surface area contributed by atoms with Gasteiger partial charge in [-0.05, 0) is 36.7 Å². The largest absolute Gasteiger partial charge is 0.325 e. The first-order valence-corrected chi connectivity index (χ1v) is 6.25. The van der Waals surface area contributed by atoms with Gasteiger partial charge in [-0.2, -0.15) is 0 Å². The van der Waals surface area contributed by atoms with Crippen LogP contribution in [0.25, 0.3) is 0 Å². The normalized spacial score (nSPS) is 12.2. The summed E-state index contributed by atoms with van der Waals surface area (Å²) in [4.78, 5) is 11.6. The lowest BCUT2D eigenvalue weighted by molar-refractivity contribution is -0.115. The van der Waals surface area contributed by atoms with E-state index in [0.717, 1.165) is 18.7 Å². The highest BCUT2D eigenvalue weighted by Crippen LogP contribution is 2.12. The maximum atomic E-state index is 11.6. The average molecular weight is 255 g/mol. The fraction of sp³-hybridized carbons (Fsp3) is 0.462. The molecule has 0 saturated carbocycles. The second-order valence-electron chi connectivity index (χ2n) is 4.20. The van der Waals surface area contributed by atoms with Crippen LogP contribution in [-0.4, -0.2) is 19.0 Å². The Bertz CT molecular complexity index is 351. The van der Waals surface area contributed by atoms with Crippen LogP contribution in [0.15, 0.2) is 24.3 Å². The van der Waals surface area contributed by atoms with E-state index in [4.69, 9.17) is 11.6 Å². The van der Waals surface area contributed by atoms with Gasteiger partial charge in [0.15, 0.2) is 0 Å². The molecule has 0 fully saturated rings. The molecule has 1 aromatic carbocycles. The SMILES string of the molecule is CCC(C)CNCC(=O)Nc1ccc(Cl)cc1. The molecule has 4 heteroatoms. The molecule has 1 unspecified atom stereocenters. The smallest absolute Gasteiger partial charge is 0.238 e. The van der Waals surface area contributed by atoms with Crippen LogP contribution in [0.5, 0.6) is 0 Å². The molecule has 94 valence electrons. The molecular weight excluding hydrogens is 236 g/mol. The summed E-state index contributed by atoms with van der Waals surface area (Å²) in [6, 6.07) is 7.08. The number of rotatable bonds is 6. The first-order valence-electron chi connectivity index (χ1n) is 5.88. The van der Waals surface area contributed by atoms with E-state index < -0.39 is 0 Å². The van der Waals surface area contributed by atoms with Crippen LogP contribution in [0.4, 0.5) is 5.69 Å². The molecule has 1 amide bonds. The Morgan fingerprint density at radius 3 is 2.59 bits per heavy atom. The lowest BCUT2D eigenvalue weighted by Crippen LogP contribution is -2.31. The van der Waals surface area contributed by atoms with Crippen molar-refractivity contribution in [3.05, 3.63) is 29.3 Å². The van der Waals surface area contributed by atoms with E-state index in [1.807, 2.05) is 0 Å². The first-order chi connectivity index (χ1) is 8.11. The zero-order chi connectivity index (χ0) is 12.7. The Labute approximate surface area is 108 Å². The van der Waals surface area contributed by atoms with Crippen LogP contribution in [0.2, 0.25) is 5.02 Å². The maximum absolute atomic E-state index is 11.6. The van der Waals surface area contributed by atoms with E-state index in [0.29, 0.717) is 17.5 Å². The van der Waals surface area contributed by atoms with Gasteiger partial charge in [0, 0.05) is 10.7 Å². The van der Waals surface area contributed by atoms with Crippen LogP contribution in [0.3, 0.4) is 0 Å². The average Bonchev–Trinajstić information content (AvgIpc) is 2.32. The van der Waals surface area contributed by atoms with Gasteiger partial charge in [-0.3, -0.25) is 4.79 Å². The standard InChI is InChI=1S/C13H19ClN2O/c1-3-10(2)8-15-9-13(17)16-12-6-4-11(14)5-7-12/h4-7,10,15H,3,8-9H2,1-2H3,(H,16,17). The fourth-order valence-electron chi connectivity index (χ4n) is 1.31. The quantitative estimate of drug-likeness (QED) is 0.820. The van der Waals surface area contributed by atoms with E-state index in [2.05, 4.69) is 24.5 Å². The second-order valence-corrected chi connectivity index (χ2v) is 4.64. The van der Waals surface area contributed by atoms with Crippen LogP contribution in [0, 0.1) is 5.92 Å². The highest BCUT2D eigenvalue weighted by molar-refractivity contribution is 6.30. The van der Waals surface area contributed by atoms with Crippen molar-refractivity contribution < 1.29 is 4.79 Å². The molecule has 0 aromatic heterocycles. The molecule has 0 aliphatic heterocycles. The summed E-state index contributed by atoms with van der Waals surface area (Å²) in [5, 5.41) is 6.59. The number of amides is 1. The minimum absolute atomic E-state index is 0.0318. The minimum Gasteiger partial charge on any atom is -0.325 e. The van der Waals surface area contributed by atoms with Gasteiger partial charge in [-0.1, -0.05) is 31.9 Å². The van der Waals surface area contributed by atoms with E-state index in [-0.39, 0.29) is 5.91 Å². The predicted octanol–water partition coefficient (Wildman–Crippen LogP) is 2.91. The number of anilines is 1. The van der Waals surface area contributed by atoms with Crippen molar-refractivity contribution in [2.24, 2.45) is 5.92 Å². The summed E-state index contributed by atoms with van der Waals surface area (Å²) in [5.74, 6) is 0.564. The van der Waals surface area contributed by atoms with E-state index >= 15 is 0 Å². The molecule has 17 heavy (non-hydrogen) atoms. The number of halogens is 1. The Hall–Kier alpha value is -1.06. The molecule has 3 nitrogen and oxygen atoms in total. The summed E-state index contributed by atoms with van der Waals surface area (Å²) < 4.78 is 0. The van der Waals surface area contributed by atoms with E-state index in [1.54, 1.807) is 24.3 Å². The molecule has 1 rings (SSSR count). The molecular formula is C13H19ClN2O. The van der Waals surface area contributed by atoms with Crippen molar-refractivity contribution >= 4 is 23.2 Å². The van der Waals surface area contributed by atoms with E-state index in [1.165, 1.54) is 0 Å². The minimum atomic E-state index is -0.0318. The topological polar surface area (TPSA) is 41.1 Å². The highest BCUT2D eigenvalue weighted by atomic mass is 35.5. The third-order valence-electron chi connectivity index (χ3n) is 2.60. The van der Waals surface area contributed by atoms with Gasteiger partial charge in [-0.15, -0.1) is 0 Å². The lowest BCUT2D eigenvalue weighted by Gasteiger charge is -2.10. The Morgan fingerprint density at radius 2 is 2.00 bits per heavy atom. The first kappa shape index (κ1) is 14.0. The van der Waals surface area contributed by atoms with Crippen LogP contribution in [-0.2, 0) is 4.79 Å². The van der Waals surface area contributed by atoms with E-state index in [9.17, 15) is 4.79 Å². The molecule has 0 saturated heterocycles. The van der Waals surface area contributed by atoms with Crippen LogP contribution in [0.1, 0.15) is 20.3 Å². The summed E-state index contributed by atoms with van der Waals surface area (Å²) in [5.41, 5.74) is 0.768. The van der Waals surface area contributed by atoms with Gasteiger partial charge in [0.05, 0.1) is 6.54 Å². The second kappa shape index (κ2) is 7.30. The third-order valence-corrected chi connectivity index (χ3v) is 2.86. The van der Waals surface area contributed by atoms with Gasteiger partial charge in [0.2, 0.25) is 5.91 Å². The zero-order valence-electron chi connectivity index (χ0n) is 10.3. The van der Waals surface area contributed by atoms with Crippen molar-refractivity contribution in [3.63, 3.8) is 0 Å². The van der Waals surface area contributed by atoms with Crippen molar-refractivity contribution in [2.45, 2.75) is 20.3 Å². The number of benzene rings is 1. The summed E-state index contributed by atoms with van der Waals surface area (Å²) in [6.07, 6.45) is 1.12. The predicted molar refractivity (Wildman–Crippen MR) is 72.4 cm³/mol.